The minimum atomic E-state index is -0.532. The standard InChI is InChI=1S/C12H8Br2ClN3O3/c1-21-10-5-8(6(13)4-7(10)14)16-12-9(18(19)20)2-3-11(15)17-12/h2-5H,1H3,(H,16,17). The monoisotopic (exact) mass is 435 g/mol. The number of methoxy groups -OCH3 is 1. The molecular weight excluding hydrogens is 429 g/mol. The second-order valence-corrected chi connectivity index (χ2v) is 5.95. The van der Waals surface area contributed by atoms with E-state index in [1.54, 1.807) is 12.1 Å². The maximum atomic E-state index is 11.0. The molecule has 21 heavy (non-hydrogen) atoms. The quantitative estimate of drug-likeness (QED) is 0.417. The van der Waals surface area contributed by atoms with Crippen LogP contribution in [0.15, 0.2) is 33.2 Å². The minimum Gasteiger partial charge on any atom is -0.495 e. The summed E-state index contributed by atoms with van der Waals surface area (Å²) in [6.07, 6.45) is 0. The lowest BCUT2D eigenvalue weighted by atomic mass is 10.3. The van der Waals surface area contributed by atoms with E-state index in [1.165, 1.54) is 19.2 Å². The fourth-order valence-electron chi connectivity index (χ4n) is 1.58. The fourth-order valence-corrected chi connectivity index (χ4v) is 2.98. The number of nitrogens with one attached hydrogen (secondary N) is 1. The summed E-state index contributed by atoms with van der Waals surface area (Å²) in [6, 6.07) is 6.10. The van der Waals surface area contributed by atoms with E-state index < -0.39 is 4.92 Å². The van der Waals surface area contributed by atoms with Gasteiger partial charge in [0.05, 0.1) is 22.2 Å². The molecule has 0 saturated heterocycles. The van der Waals surface area contributed by atoms with Gasteiger partial charge in [0, 0.05) is 16.6 Å². The van der Waals surface area contributed by atoms with Gasteiger partial charge in [-0.2, -0.15) is 0 Å². The zero-order valence-electron chi connectivity index (χ0n) is 10.6. The Hall–Kier alpha value is -1.38. The SMILES string of the molecule is COc1cc(Nc2nc(Cl)ccc2[N+](=O)[O-])c(Br)cc1Br. The van der Waals surface area contributed by atoms with Gasteiger partial charge in [-0.1, -0.05) is 11.6 Å². The molecule has 1 N–H and O–H groups in total. The van der Waals surface area contributed by atoms with E-state index in [-0.39, 0.29) is 16.7 Å². The van der Waals surface area contributed by atoms with Gasteiger partial charge in [0.15, 0.2) is 0 Å². The van der Waals surface area contributed by atoms with E-state index >= 15 is 0 Å². The molecule has 0 aliphatic rings. The van der Waals surface area contributed by atoms with E-state index in [9.17, 15) is 10.1 Å². The van der Waals surface area contributed by atoms with E-state index in [2.05, 4.69) is 42.2 Å². The van der Waals surface area contributed by atoms with E-state index in [1.807, 2.05) is 0 Å². The highest BCUT2D eigenvalue weighted by atomic mass is 79.9. The van der Waals surface area contributed by atoms with Gasteiger partial charge in [0.2, 0.25) is 5.82 Å². The molecule has 0 fully saturated rings. The topological polar surface area (TPSA) is 77.3 Å². The van der Waals surface area contributed by atoms with E-state index in [4.69, 9.17) is 16.3 Å². The van der Waals surface area contributed by atoms with Crippen LogP contribution in [-0.4, -0.2) is 17.0 Å². The zero-order valence-corrected chi connectivity index (χ0v) is 14.5. The first-order valence-corrected chi connectivity index (χ1v) is 7.49. The molecule has 0 aliphatic heterocycles. The highest BCUT2D eigenvalue weighted by Gasteiger charge is 2.17. The molecule has 0 atom stereocenters. The second kappa shape index (κ2) is 6.59. The van der Waals surface area contributed by atoms with Crippen molar-refractivity contribution in [2.24, 2.45) is 0 Å². The molecule has 0 aliphatic carbocycles. The lowest BCUT2D eigenvalue weighted by Gasteiger charge is -2.11. The largest absolute Gasteiger partial charge is 0.495 e. The summed E-state index contributed by atoms with van der Waals surface area (Å²) < 4.78 is 6.62. The van der Waals surface area contributed by atoms with Crippen molar-refractivity contribution in [3.8, 4) is 5.75 Å². The van der Waals surface area contributed by atoms with Crippen molar-refractivity contribution < 1.29 is 9.66 Å². The Balaban J connectivity index is 2.47. The molecular formula is C12H8Br2ClN3O3. The Kier molecular flexibility index (Phi) is 5.02. The number of halogens is 3. The summed E-state index contributed by atoms with van der Waals surface area (Å²) in [5.74, 6) is 0.628. The third-order valence-electron chi connectivity index (χ3n) is 2.53. The molecule has 0 radical (unpaired) electrons. The molecule has 1 aromatic heterocycles. The average molecular weight is 437 g/mol. The molecule has 0 spiro atoms. The summed E-state index contributed by atoms with van der Waals surface area (Å²) in [7, 11) is 1.53. The number of hydrogen-bond acceptors (Lipinski definition) is 5. The molecule has 2 aromatic rings. The summed E-state index contributed by atoms with van der Waals surface area (Å²) in [4.78, 5) is 14.4. The molecule has 0 saturated carbocycles. The molecule has 1 aromatic carbocycles. The van der Waals surface area contributed by atoms with Gasteiger partial charge in [-0.15, -0.1) is 0 Å². The molecule has 1 heterocycles. The Morgan fingerprint density at radius 2 is 2.05 bits per heavy atom. The van der Waals surface area contributed by atoms with Crippen molar-refractivity contribution in [3.05, 3.63) is 48.5 Å². The van der Waals surface area contributed by atoms with Crippen LogP contribution in [-0.2, 0) is 0 Å². The van der Waals surface area contributed by atoms with Crippen molar-refractivity contribution in [3.63, 3.8) is 0 Å². The van der Waals surface area contributed by atoms with Crippen molar-refractivity contribution >= 4 is 60.7 Å². The lowest BCUT2D eigenvalue weighted by molar-refractivity contribution is -0.384. The first-order chi connectivity index (χ1) is 9.92. The maximum Gasteiger partial charge on any atom is 0.311 e. The summed E-state index contributed by atoms with van der Waals surface area (Å²) in [6.45, 7) is 0. The van der Waals surface area contributed by atoms with Gasteiger partial charge >= 0.3 is 5.69 Å². The average Bonchev–Trinajstić information content (AvgIpc) is 2.41. The van der Waals surface area contributed by atoms with Crippen LogP contribution in [0.3, 0.4) is 0 Å². The number of nitrogens with zero attached hydrogens (tertiary/aromatic N) is 2. The van der Waals surface area contributed by atoms with Crippen LogP contribution in [0.5, 0.6) is 5.75 Å². The first-order valence-electron chi connectivity index (χ1n) is 5.53. The number of nitro groups is 1. The molecule has 110 valence electrons. The van der Waals surface area contributed by atoms with E-state index in [0.717, 1.165) is 4.47 Å². The third kappa shape index (κ3) is 3.63. The number of ether oxygens (including phenoxy) is 1. The van der Waals surface area contributed by atoms with Crippen molar-refractivity contribution in [2.45, 2.75) is 0 Å². The van der Waals surface area contributed by atoms with Gasteiger partial charge < -0.3 is 10.1 Å². The Morgan fingerprint density at radius 1 is 1.33 bits per heavy atom. The van der Waals surface area contributed by atoms with Crippen LogP contribution in [0, 0.1) is 10.1 Å². The first kappa shape index (κ1) is 16.0. The van der Waals surface area contributed by atoms with Crippen molar-refractivity contribution in [1.29, 1.82) is 0 Å². The number of aromatic nitrogens is 1. The summed E-state index contributed by atoms with van der Waals surface area (Å²) in [5, 5.41) is 14.1. The Bertz CT molecular complexity index is 712. The molecule has 0 unspecified atom stereocenters. The highest BCUT2D eigenvalue weighted by molar-refractivity contribution is 9.11. The Labute approximate surface area is 141 Å². The van der Waals surface area contributed by atoms with Crippen LogP contribution >= 0.6 is 43.5 Å². The van der Waals surface area contributed by atoms with Crippen LogP contribution in [0.2, 0.25) is 5.15 Å². The number of hydrogen-bond donors (Lipinski definition) is 1. The molecule has 2 rings (SSSR count). The molecule has 0 amide bonds. The van der Waals surface area contributed by atoms with Gasteiger partial charge in [-0.05, 0) is 44.0 Å². The summed E-state index contributed by atoms with van der Waals surface area (Å²) in [5.41, 5.74) is 0.390. The van der Waals surface area contributed by atoms with Crippen LogP contribution in [0.4, 0.5) is 17.2 Å². The van der Waals surface area contributed by atoms with E-state index in [0.29, 0.717) is 15.9 Å². The van der Waals surface area contributed by atoms with Crippen LogP contribution < -0.4 is 10.1 Å². The molecule has 9 heteroatoms. The number of benzene rings is 1. The predicted molar refractivity (Wildman–Crippen MR) is 87.6 cm³/mol. The lowest BCUT2D eigenvalue weighted by Crippen LogP contribution is -2.01. The third-order valence-corrected chi connectivity index (χ3v) is 4.02. The van der Waals surface area contributed by atoms with Crippen LogP contribution in [0.25, 0.3) is 0 Å². The van der Waals surface area contributed by atoms with Crippen molar-refractivity contribution in [1.82, 2.24) is 4.98 Å². The summed E-state index contributed by atoms with van der Waals surface area (Å²) >= 11 is 12.5. The van der Waals surface area contributed by atoms with Gasteiger partial charge in [0.25, 0.3) is 0 Å². The smallest absolute Gasteiger partial charge is 0.311 e. The van der Waals surface area contributed by atoms with Gasteiger partial charge in [-0.25, -0.2) is 4.98 Å². The van der Waals surface area contributed by atoms with Crippen LogP contribution in [0.1, 0.15) is 0 Å². The predicted octanol–water partition coefficient (Wildman–Crippen LogP) is 4.92. The number of anilines is 2. The van der Waals surface area contributed by atoms with Gasteiger partial charge in [-0.3, -0.25) is 10.1 Å². The highest BCUT2D eigenvalue weighted by Crippen LogP contribution is 2.37. The maximum absolute atomic E-state index is 11.0. The molecule has 6 nitrogen and oxygen atoms in total. The Morgan fingerprint density at radius 3 is 2.67 bits per heavy atom. The second-order valence-electron chi connectivity index (χ2n) is 3.85. The van der Waals surface area contributed by atoms with Gasteiger partial charge in [0.1, 0.15) is 10.9 Å². The normalized spacial score (nSPS) is 10.3. The minimum absolute atomic E-state index is 0.0533. The number of pyridine rings is 1. The number of rotatable bonds is 4. The van der Waals surface area contributed by atoms with Crippen molar-refractivity contribution in [2.75, 3.05) is 12.4 Å². The fraction of sp³-hybridized carbons (Fsp3) is 0.0833. The zero-order chi connectivity index (χ0) is 15.6. The molecule has 0 bridgehead atoms.